The summed E-state index contributed by atoms with van der Waals surface area (Å²) >= 11 is 0. The number of nitrogens with two attached hydrogens (primary N) is 1. The van der Waals surface area contributed by atoms with Crippen molar-refractivity contribution in [3.63, 3.8) is 0 Å². The van der Waals surface area contributed by atoms with Crippen LogP contribution < -0.4 is 10.5 Å². The number of methoxy groups -OCH3 is 1. The Morgan fingerprint density at radius 3 is 2.53 bits per heavy atom. The zero-order valence-electron chi connectivity index (χ0n) is 9.68. The standard InChI is InChI=1S/C13H13F2NO/c1-3-7-4-9(16)5-8-6-10(14)12(15)13(17-2)11(7)8/h4-6H,3,16H2,1-2H3. The normalized spacial score (nSPS) is 10.8. The van der Waals surface area contributed by atoms with E-state index in [2.05, 4.69) is 0 Å². The third kappa shape index (κ3) is 1.79. The number of hydrogen-bond donors (Lipinski definition) is 1. The van der Waals surface area contributed by atoms with Gasteiger partial charge in [-0.3, -0.25) is 0 Å². The molecule has 0 atom stereocenters. The molecule has 0 fully saturated rings. The van der Waals surface area contributed by atoms with E-state index in [1.807, 2.05) is 6.92 Å². The van der Waals surface area contributed by atoms with Gasteiger partial charge < -0.3 is 10.5 Å². The van der Waals surface area contributed by atoms with Crippen LogP contribution in [-0.4, -0.2) is 7.11 Å². The molecule has 2 aromatic rings. The molecule has 17 heavy (non-hydrogen) atoms. The fraction of sp³-hybridized carbons (Fsp3) is 0.231. The fourth-order valence-electron chi connectivity index (χ4n) is 2.03. The minimum Gasteiger partial charge on any atom is -0.493 e. The van der Waals surface area contributed by atoms with Crippen LogP contribution in [0.2, 0.25) is 0 Å². The summed E-state index contributed by atoms with van der Waals surface area (Å²) in [7, 11) is 1.33. The average Bonchev–Trinajstić information content (AvgIpc) is 2.30. The van der Waals surface area contributed by atoms with Crippen LogP contribution >= 0.6 is 0 Å². The largest absolute Gasteiger partial charge is 0.493 e. The Kier molecular flexibility index (Phi) is 2.88. The number of ether oxygens (including phenoxy) is 1. The molecule has 0 amide bonds. The third-order valence-electron chi connectivity index (χ3n) is 2.78. The van der Waals surface area contributed by atoms with Crippen molar-refractivity contribution in [2.45, 2.75) is 13.3 Å². The van der Waals surface area contributed by atoms with E-state index in [1.54, 1.807) is 12.1 Å². The number of halogens is 2. The van der Waals surface area contributed by atoms with Crippen molar-refractivity contribution in [2.24, 2.45) is 0 Å². The van der Waals surface area contributed by atoms with Gasteiger partial charge in [0, 0.05) is 11.1 Å². The minimum absolute atomic E-state index is 0.0585. The fourth-order valence-corrected chi connectivity index (χ4v) is 2.03. The summed E-state index contributed by atoms with van der Waals surface area (Å²) in [6.45, 7) is 1.93. The second kappa shape index (κ2) is 4.20. The van der Waals surface area contributed by atoms with E-state index in [-0.39, 0.29) is 5.75 Å². The van der Waals surface area contributed by atoms with Crippen LogP contribution in [0.15, 0.2) is 18.2 Å². The molecule has 0 saturated carbocycles. The van der Waals surface area contributed by atoms with Gasteiger partial charge in [0.15, 0.2) is 11.6 Å². The van der Waals surface area contributed by atoms with Gasteiger partial charge in [0.05, 0.1) is 7.11 Å². The molecule has 90 valence electrons. The molecule has 0 heterocycles. The quantitative estimate of drug-likeness (QED) is 0.813. The number of nitrogen functional groups attached to an aromatic ring is 1. The van der Waals surface area contributed by atoms with E-state index in [1.165, 1.54) is 7.11 Å². The lowest BCUT2D eigenvalue weighted by Gasteiger charge is -2.12. The summed E-state index contributed by atoms with van der Waals surface area (Å²) < 4.78 is 32.0. The van der Waals surface area contributed by atoms with Crippen LogP contribution in [0.25, 0.3) is 10.8 Å². The van der Waals surface area contributed by atoms with E-state index in [0.717, 1.165) is 11.6 Å². The molecule has 0 unspecified atom stereocenters. The smallest absolute Gasteiger partial charge is 0.201 e. The van der Waals surface area contributed by atoms with Gasteiger partial charge in [-0.2, -0.15) is 4.39 Å². The third-order valence-corrected chi connectivity index (χ3v) is 2.78. The molecule has 0 radical (unpaired) electrons. The molecule has 0 aliphatic carbocycles. The lowest BCUT2D eigenvalue weighted by atomic mass is 10.00. The van der Waals surface area contributed by atoms with Gasteiger partial charge in [0.2, 0.25) is 5.82 Å². The molecule has 2 rings (SSSR count). The number of rotatable bonds is 2. The zero-order chi connectivity index (χ0) is 12.6. The van der Waals surface area contributed by atoms with Crippen LogP contribution in [0.5, 0.6) is 5.75 Å². The Morgan fingerprint density at radius 1 is 1.24 bits per heavy atom. The van der Waals surface area contributed by atoms with Crippen molar-refractivity contribution in [1.29, 1.82) is 0 Å². The molecule has 0 bridgehead atoms. The summed E-state index contributed by atoms with van der Waals surface area (Å²) in [5, 5.41) is 1.14. The maximum atomic E-state index is 13.6. The van der Waals surface area contributed by atoms with Crippen molar-refractivity contribution >= 4 is 16.5 Å². The highest BCUT2D eigenvalue weighted by molar-refractivity contribution is 5.94. The van der Waals surface area contributed by atoms with Crippen LogP contribution in [0.3, 0.4) is 0 Å². The van der Waals surface area contributed by atoms with E-state index in [9.17, 15) is 8.78 Å². The minimum atomic E-state index is -0.959. The van der Waals surface area contributed by atoms with E-state index < -0.39 is 11.6 Å². The molecule has 2 nitrogen and oxygen atoms in total. The van der Waals surface area contributed by atoms with Crippen molar-refractivity contribution in [3.8, 4) is 5.75 Å². The summed E-state index contributed by atoms with van der Waals surface area (Å²) in [4.78, 5) is 0. The highest BCUT2D eigenvalue weighted by Crippen LogP contribution is 2.35. The summed E-state index contributed by atoms with van der Waals surface area (Å²) in [6.07, 6.45) is 0.670. The summed E-state index contributed by atoms with van der Waals surface area (Å²) in [5.41, 5.74) is 7.10. The van der Waals surface area contributed by atoms with Crippen LogP contribution in [-0.2, 0) is 6.42 Å². The highest BCUT2D eigenvalue weighted by Gasteiger charge is 2.16. The molecular weight excluding hydrogens is 224 g/mol. The number of aryl methyl sites for hydroxylation is 1. The first kappa shape index (κ1) is 11.6. The number of anilines is 1. The predicted molar refractivity (Wildman–Crippen MR) is 64.2 cm³/mol. The van der Waals surface area contributed by atoms with Crippen molar-refractivity contribution < 1.29 is 13.5 Å². The number of fused-ring (bicyclic) bond motifs is 1. The van der Waals surface area contributed by atoms with Gasteiger partial charge in [-0.15, -0.1) is 0 Å². The van der Waals surface area contributed by atoms with Gasteiger partial charge in [-0.1, -0.05) is 6.92 Å². The van der Waals surface area contributed by atoms with E-state index in [0.29, 0.717) is 22.9 Å². The molecule has 4 heteroatoms. The first-order chi connectivity index (χ1) is 8.08. The zero-order valence-corrected chi connectivity index (χ0v) is 9.68. The Balaban J connectivity index is 2.95. The van der Waals surface area contributed by atoms with Crippen molar-refractivity contribution in [2.75, 3.05) is 12.8 Å². The Bertz CT molecular complexity index is 581. The van der Waals surface area contributed by atoms with E-state index >= 15 is 0 Å². The molecule has 2 aromatic carbocycles. The number of benzene rings is 2. The lowest BCUT2D eigenvalue weighted by Crippen LogP contribution is -1.98. The SMILES string of the molecule is CCc1cc(N)cc2cc(F)c(F)c(OC)c12. The van der Waals surface area contributed by atoms with Gasteiger partial charge in [-0.25, -0.2) is 4.39 Å². The second-order valence-electron chi connectivity index (χ2n) is 3.84. The van der Waals surface area contributed by atoms with Gasteiger partial charge in [0.1, 0.15) is 0 Å². The molecule has 0 aromatic heterocycles. The van der Waals surface area contributed by atoms with E-state index in [4.69, 9.17) is 10.5 Å². The molecule has 0 spiro atoms. The Morgan fingerprint density at radius 2 is 1.94 bits per heavy atom. The first-order valence-electron chi connectivity index (χ1n) is 5.32. The van der Waals surface area contributed by atoms with Crippen LogP contribution in [0.4, 0.5) is 14.5 Å². The second-order valence-corrected chi connectivity index (χ2v) is 3.84. The van der Waals surface area contributed by atoms with Crippen LogP contribution in [0.1, 0.15) is 12.5 Å². The average molecular weight is 237 g/mol. The molecule has 0 aliphatic heterocycles. The maximum absolute atomic E-state index is 13.6. The summed E-state index contributed by atoms with van der Waals surface area (Å²) in [6, 6.07) is 4.50. The van der Waals surface area contributed by atoms with Gasteiger partial charge in [-0.05, 0) is 35.6 Å². The summed E-state index contributed by atoms with van der Waals surface area (Å²) in [5.74, 6) is -1.95. The topological polar surface area (TPSA) is 35.2 Å². The first-order valence-corrected chi connectivity index (χ1v) is 5.32. The highest BCUT2D eigenvalue weighted by atomic mass is 19.2. The molecule has 0 aliphatic rings. The van der Waals surface area contributed by atoms with Gasteiger partial charge >= 0.3 is 0 Å². The van der Waals surface area contributed by atoms with Crippen LogP contribution in [0, 0.1) is 11.6 Å². The lowest BCUT2D eigenvalue weighted by molar-refractivity contribution is 0.377. The number of hydrogen-bond acceptors (Lipinski definition) is 2. The van der Waals surface area contributed by atoms with Gasteiger partial charge in [0.25, 0.3) is 0 Å². The molecule has 2 N–H and O–H groups in total. The van der Waals surface area contributed by atoms with Crippen molar-refractivity contribution in [1.82, 2.24) is 0 Å². The maximum Gasteiger partial charge on any atom is 0.201 e. The predicted octanol–water partition coefficient (Wildman–Crippen LogP) is 3.27. The Labute approximate surface area is 98.0 Å². The molecular formula is C13H13F2NO. The Hall–Kier alpha value is -1.84. The monoisotopic (exact) mass is 237 g/mol. The van der Waals surface area contributed by atoms with Crippen molar-refractivity contribution in [3.05, 3.63) is 35.4 Å². The molecule has 0 saturated heterocycles.